The zero-order valence-electron chi connectivity index (χ0n) is 13.1. The van der Waals surface area contributed by atoms with Crippen molar-refractivity contribution in [2.24, 2.45) is 0 Å². The number of carbonyl (C=O) groups excluding carboxylic acids is 1. The summed E-state index contributed by atoms with van der Waals surface area (Å²) in [6.45, 7) is 1.67. The van der Waals surface area contributed by atoms with Gasteiger partial charge in [0.15, 0.2) is 5.78 Å². The van der Waals surface area contributed by atoms with Crippen molar-refractivity contribution in [3.63, 3.8) is 0 Å². The Hall–Kier alpha value is -2.14. The number of hydrogen-bond donors (Lipinski definition) is 2. The minimum absolute atomic E-state index is 0.145. The van der Waals surface area contributed by atoms with E-state index >= 15 is 0 Å². The van der Waals surface area contributed by atoms with Gasteiger partial charge in [-0.05, 0) is 31.9 Å². The van der Waals surface area contributed by atoms with Gasteiger partial charge in [0, 0.05) is 48.1 Å². The number of para-hydroxylation sites is 1. The number of likely N-dealkylation sites (tertiary alicyclic amines) is 1. The van der Waals surface area contributed by atoms with E-state index < -0.39 is 5.97 Å². The number of H-pyrrole nitrogens is 1. The smallest absolute Gasteiger partial charge is 0.303 e. The standard InChI is InChI=1S/C18H22N2O3/c21-17(15-12-19-16-6-2-1-5-14(15)16)9-11-20-10-3-4-13(20)7-8-18(22)23/h1-2,5-6,12-13,19H,3-4,7-11H2,(H,22,23). The Morgan fingerprint density at radius 1 is 1.26 bits per heavy atom. The second-order valence-electron chi connectivity index (χ2n) is 6.19. The number of carbonyl (C=O) groups is 2. The summed E-state index contributed by atoms with van der Waals surface area (Å²) >= 11 is 0. The van der Waals surface area contributed by atoms with Crippen molar-refractivity contribution in [2.45, 2.75) is 38.1 Å². The normalized spacial score (nSPS) is 18.5. The number of benzene rings is 1. The molecule has 2 heterocycles. The molecule has 1 fully saturated rings. The number of Topliss-reactive ketones (excluding diaryl/α,β-unsaturated/α-hetero) is 1. The van der Waals surface area contributed by atoms with E-state index in [4.69, 9.17) is 5.11 Å². The lowest BCUT2D eigenvalue weighted by Crippen LogP contribution is -2.31. The molecular weight excluding hydrogens is 292 g/mol. The van der Waals surface area contributed by atoms with Gasteiger partial charge in [-0.15, -0.1) is 0 Å². The third kappa shape index (κ3) is 3.62. The Morgan fingerprint density at radius 3 is 2.91 bits per heavy atom. The Bertz CT molecular complexity index is 707. The molecule has 5 nitrogen and oxygen atoms in total. The third-order valence-electron chi connectivity index (χ3n) is 4.71. The van der Waals surface area contributed by atoms with Crippen molar-refractivity contribution in [3.8, 4) is 0 Å². The van der Waals surface area contributed by atoms with Crippen molar-refractivity contribution < 1.29 is 14.7 Å². The topological polar surface area (TPSA) is 73.4 Å². The Balaban J connectivity index is 1.59. The average molecular weight is 314 g/mol. The highest BCUT2D eigenvalue weighted by Crippen LogP contribution is 2.23. The number of aromatic nitrogens is 1. The van der Waals surface area contributed by atoms with E-state index in [1.165, 1.54) is 0 Å². The van der Waals surface area contributed by atoms with Crippen LogP contribution in [0, 0.1) is 0 Å². The highest BCUT2D eigenvalue weighted by atomic mass is 16.4. The summed E-state index contributed by atoms with van der Waals surface area (Å²) in [5, 5.41) is 9.80. The van der Waals surface area contributed by atoms with Gasteiger partial charge in [-0.1, -0.05) is 18.2 Å². The molecule has 0 amide bonds. The molecule has 3 rings (SSSR count). The molecule has 1 aromatic carbocycles. The second kappa shape index (κ2) is 6.96. The number of carboxylic acid groups (broad SMARTS) is 1. The Morgan fingerprint density at radius 2 is 2.09 bits per heavy atom. The van der Waals surface area contributed by atoms with Crippen LogP contribution in [0.15, 0.2) is 30.5 Å². The number of nitrogens with zero attached hydrogens (tertiary/aromatic N) is 1. The maximum Gasteiger partial charge on any atom is 0.303 e. The van der Waals surface area contributed by atoms with Gasteiger partial charge in [-0.3, -0.25) is 14.5 Å². The largest absolute Gasteiger partial charge is 0.481 e. The number of hydrogen-bond acceptors (Lipinski definition) is 3. The van der Waals surface area contributed by atoms with Crippen LogP contribution in [0.2, 0.25) is 0 Å². The summed E-state index contributed by atoms with van der Waals surface area (Å²) in [7, 11) is 0. The van der Waals surface area contributed by atoms with Crippen LogP contribution < -0.4 is 0 Å². The van der Waals surface area contributed by atoms with E-state index in [1.807, 2.05) is 24.3 Å². The second-order valence-corrected chi connectivity index (χ2v) is 6.19. The van der Waals surface area contributed by atoms with E-state index in [0.29, 0.717) is 25.4 Å². The van der Waals surface area contributed by atoms with Crippen LogP contribution in [-0.4, -0.2) is 45.9 Å². The molecule has 23 heavy (non-hydrogen) atoms. The van der Waals surface area contributed by atoms with Gasteiger partial charge in [0.1, 0.15) is 0 Å². The lowest BCUT2D eigenvalue weighted by molar-refractivity contribution is -0.137. The number of fused-ring (bicyclic) bond motifs is 1. The summed E-state index contributed by atoms with van der Waals surface area (Å²) in [4.78, 5) is 28.7. The van der Waals surface area contributed by atoms with E-state index in [9.17, 15) is 9.59 Å². The van der Waals surface area contributed by atoms with E-state index in [-0.39, 0.29) is 12.2 Å². The van der Waals surface area contributed by atoms with Gasteiger partial charge < -0.3 is 10.1 Å². The number of aromatic amines is 1. The van der Waals surface area contributed by atoms with Crippen molar-refractivity contribution in [1.82, 2.24) is 9.88 Å². The van der Waals surface area contributed by atoms with Gasteiger partial charge in [-0.2, -0.15) is 0 Å². The van der Waals surface area contributed by atoms with Gasteiger partial charge in [-0.25, -0.2) is 0 Å². The number of rotatable bonds is 7. The SMILES string of the molecule is O=C(O)CCC1CCCN1CCC(=O)c1c[nH]c2ccccc12. The van der Waals surface area contributed by atoms with Crippen molar-refractivity contribution in [3.05, 3.63) is 36.0 Å². The van der Waals surface area contributed by atoms with Gasteiger partial charge >= 0.3 is 5.97 Å². The van der Waals surface area contributed by atoms with Crippen LogP contribution in [0.4, 0.5) is 0 Å². The van der Waals surface area contributed by atoms with Crippen molar-refractivity contribution in [1.29, 1.82) is 0 Å². The molecule has 0 bridgehead atoms. The zero-order valence-corrected chi connectivity index (χ0v) is 13.1. The molecule has 1 aliphatic heterocycles. The monoisotopic (exact) mass is 314 g/mol. The number of aliphatic carboxylic acids is 1. The molecule has 2 aromatic rings. The van der Waals surface area contributed by atoms with Crippen LogP contribution in [0.1, 0.15) is 42.5 Å². The molecule has 1 aliphatic rings. The molecule has 1 atom stereocenters. The van der Waals surface area contributed by atoms with Crippen LogP contribution in [-0.2, 0) is 4.79 Å². The molecule has 122 valence electrons. The maximum atomic E-state index is 12.5. The lowest BCUT2D eigenvalue weighted by Gasteiger charge is -2.23. The molecule has 1 unspecified atom stereocenters. The quantitative estimate of drug-likeness (QED) is 0.770. The van der Waals surface area contributed by atoms with Crippen LogP contribution in [0.25, 0.3) is 10.9 Å². The minimum atomic E-state index is -0.744. The maximum absolute atomic E-state index is 12.5. The molecule has 5 heteroatoms. The molecule has 0 spiro atoms. The zero-order chi connectivity index (χ0) is 16.2. The van der Waals surface area contributed by atoms with Gasteiger partial charge in [0.25, 0.3) is 0 Å². The van der Waals surface area contributed by atoms with E-state index in [1.54, 1.807) is 6.20 Å². The first-order chi connectivity index (χ1) is 11.1. The van der Waals surface area contributed by atoms with E-state index in [2.05, 4.69) is 9.88 Å². The van der Waals surface area contributed by atoms with Gasteiger partial charge in [0.2, 0.25) is 0 Å². The summed E-state index contributed by atoms with van der Waals surface area (Å²) in [6, 6.07) is 8.13. The predicted molar refractivity (Wildman–Crippen MR) is 88.7 cm³/mol. The molecular formula is C18H22N2O3. The molecule has 2 N–H and O–H groups in total. The summed E-state index contributed by atoms with van der Waals surface area (Å²) in [5.74, 6) is -0.599. The van der Waals surface area contributed by atoms with Crippen LogP contribution >= 0.6 is 0 Å². The molecule has 0 radical (unpaired) electrons. The molecule has 1 aromatic heterocycles. The minimum Gasteiger partial charge on any atom is -0.481 e. The first-order valence-electron chi connectivity index (χ1n) is 8.20. The van der Waals surface area contributed by atoms with Crippen LogP contribution in [0.3, 0.4) is 0 Å². The Kier molecular flexibility index (Phi) is 4.76. The first-order valence-corrected chi connectivity index (χ1v) is 8.20. The number of ketones is 1. The molecule has 0 aliphatic carbocycles. The highest BCUT2D eigenvalue weighted by molar-refractivity contribution is 6.07. The van der Waals surface area contributed by atoms with Gasteiger partial charge in [0.05, 0.1) is 0 Å². The predicted octanol–water partition coefficient (Wildman–Crippen LogP) is 3.07. The first kappa shape index (κ1) is 15.7. The summed E-state index contributed by atoms with van der Waals surface area (Å²) in [5.41, 5.74) is 1.73. The average Bonchev–Trinajstić information content (AvgIpc) is 3.17. The Labute approximate surface area is 135 Å². The fraction of sp³-hybridized carbons (Fsp3) is 0.444. The number of carboxylic acids is 1. The molecule has 0 saturated carbocycles. The fourth-order valence-electron chi connectivity index (χ4n) is 3.49. The fourth-order valence-corrected chi connectivity index (χ4v) is 3.49. The lowest BCUT2D eigenvalue weighted by atomic mass is 10.1. The summed E-state index contributed by atoms with van der Waals surface area (Å²) in [6.07, 6.45) is 5.28. The third-order valence-corrected chi connectivity index (χ3v) is 4.71. The summed E-state index contributed by atoms with van der Waals surface area (Å²) < 4.78 is 0. The number of nitrogens with one attached hydrogen (secondary N) is 1. The van der Waals surface area contributed by atoms with E-state index in [0.717, 1.165) is 35.9 Å². The van der Waals surface area contributed by atoms with Crippen molar-refractivity contribution in [2.75, 3.05) is 13.1 Å². The van der Waals surface area contributed by atoms with Crippen molar-refractivity contribution >= 4 is 22.7 Å². The van der Waals surface area contributed by atoms with Crippen LogP contribution in [0.5, 0.6) is 0 Å². The molecule has 1 saturated heterocycles. The highest BCUT2D eigenvalue weighted by Gasteiger charge is 2.25.